The van der Waals surface area contributed by atoms with Gasteiger partial charge < -0.3 is 9.40 Å². The van der Waals surface area contributed by atoms with Crippen LogP contribution in [-0.2, 0) is 0 Å². The number of amides is 1. The third kappa shape index (κ3) is 2.26. The van der Waals surface area contributed by atoms with Crippen LogP contribution >= 0.6 is 0 Å². The van der Waals surface area contributed by atoms with Crippen LogP contribution in [0.2, 0.25) is 0 Å². The lowest BCUT2D eigenvalue weighted by molar-refractivity contribution is 0.0957. The van der Waals surface area contributed by atoms with Crippen molar-refractivity contribution in [1.29, 1.82) is 0 Å². The number of nitrogens with one attached hydrogen (secondary N) is 2. The van der Waals surface area contributed by atoms with Gasteiger partial charge in [0.2, 0.25) is 0 Å². The molecule has 0 saturated heterocycles. The van der Waals surface area contributed by atoms with Crippen LogP contribution < -0.4 is 5.43 Å². The molecule has 1 aromatic carbocycles. The lowest BCUT2D eigenvalue weighted by Crippen LogP contribution is -2.17. The van der Waals surface area contributed by atoms with Gasteiger partial charge in [-0.2, -0.15) is 5.10 Å². The third-order valence-electron chi connectivity index (χ3n) is 2.76. The predicted molar refractivity (Wildman–Crippen MR) is 72.1 cm³/mol. The average molecular weight is 253 g/mol. The normalized spacial score (nSPS) is 11.2. The molecule has 2 N–H and O–H groups in total. The van der Waals surface area contributed by atoms with E-state index in [0.717, 1.165) is 16.5 Å². The van der Waals surface area contributed by atoms with Gasteiger partial charge in [0.05, 0.1) is 24.3 Å². The van der Waals surface area contributed by atoms with Crippen molar-refractivity contribution in [3.63, 3.8) is 0 Å². The van der Waals surface area contributed by atoms with Crippen molar-refractivity contribution in [2.45, 2.75) is 0 Å². The highest BCUT2D eigenvalue weighted by atomic mass is 16.3. The van der Waals surface area contributed by atoms with Crippen LogP contribution in [0.15, 0.2) is 58.6 Å². The Morgan fingerprint density at radius 1 is 1.32 bits per heavy atom. The van der Waals surface area contributed by atoms with Crippen molar-refractivity contribution < 1.29 is 9.21 Å². The third-order valence-corrected chi connectivity index (χ3v) is 2.76. The van der Waals surface area contributed by atoms with Gasteiger partial charge in [-0.15, -0.1) is 0 Å². The molecule has 0 atom stereocenters. The van der Waals surface area contributed by atoms with Crippen LogP contribution in [0.1, 0.15) is 15.9 Å². The fraction of sp³-hybridized carbons (Fsp3) is 0. The van der Waals surface area contributed by atoms with Gasteiger partial charge in [-0.3, -0.25) is 4.79 Å². The fourth-order valence-corrected chi connectivity index (χ4v) is 1.83. The molecule has 2 aromatic heterocycles. The summed E-state index contributed by atoms with van der Waals surface area (Å²) in [7, 11) is 0. The number of carbonyl (C=O) groups excluding carboxylic acids is 1. The van der Waals surface area contributed by atoms with Gasteiger partial charge in [0.15, 0.2) is 0 Å². The lowest BCUT2D eigenvalue weighted by atomic mass is 10.2. The molecule has 94 valence electrons. The van der Waals surface area contributed by atoms with E-state index in [1.807, 2.05) is 24.3 Å². The predicted octanol–water partition coefficient (Wildman–Crippen LogP) is 2.52. The number of rotatable bonds is 3. The van der Waals surface area contributed by atoms with E-state index in [9.17, 15) is 4.79 Å². The molecule has 0 aliphatic carbocycles. The van der Waals surface area contributed by atoms with E-state index in [1.165, 1.54) is 6.21 Å². The van der Waals surface area contributed by atoms with Crippen LogP contribution in [-0.4, -0.2) is 17.1 Å². The maximum atomic E-state index is 12.0. The first kappa shape index (κ1) is 11.3. The zero-order chi connectivity index (χ0) is 13.1. The van der Waals surface area contributed by atoms with Crippen LogP contribution in [0.3, 0.4) is 0 Å². The molecule has 0 aliphatic heterocycles. The van der Waals surface area contributed by atoms with E-state index in [1.54, 1.807) is 24.8 Å². The molecule has 0 fully saturated rings. The van der Waals surface area contributed by atoms with Crippen LogP contribution in [0.25, 0.3) is 10.9 Å². The number of benzene rings is 1. The molecule has 0 aliphatic rings. The van der Waals surface area contributed by atoms with Crippen LogP contribution in [0, 0.1) is 0 Å². The number of hydrogen-bond acceptors (Lipinski definition) is 3. The van der Waals surface area contributed by atoms with Crippen molar-refractivity contribution >= 4 is 23.0 Å². The number of hydrazone groups is 1. The number of fused-ring (bicyclic) bond motifs is 1. The summed E-state index contributed by atoms with van der Waals surface area (Å²) < 4.78 is 4.89. The van der Waals surface area contributed by atoms with Crippen molar-refractivity contribution in [1.82, 2.24) is 10.4 Å². The Morgan fingerprint density at radius 2 is 2.21 bits per heavy atom. The molecular weight excluding hydrogens is 242 g/mol. The van der Waals surface area contributed by atoms with Crippen molar-refractivity contribution in [3.05, 3.63) is 60.2 Å². The van der Waals surface area contributed by atoms with Gasteiger partial charge in [-0.25, -0.2) is 5.43 Å². The molecule has 3 rings (SSSR count). The van der Waals surface area contributed by atoms with E-state index >= 15 is 0 Å². The van der Waals surface area contributed by atoms with E-state index < -0.39 is 0 Å². The number of furan rings is 1. The Kier molecular flexibility index (Phi) is 2.86. The maximum Gasteiger partial charge on any atom is 0.273 e. The van der Waals surface area contributed by atoms with Gasteiger partial charge >= 0.3 is 0 Å². The summed E-state index contributed by atoms with van der Waals surface area (Å²) in [5.41, 5.74) is 4.77. The number of carbonyl (C=O) groups is 1. The number of aromatic amines is 1. The van der Waals surface area contributed by atoms with Gasteiger partial charge in [-0.1, -0.05) is 18.2 Å². The van der Waals surface area contributed by atoms with Crippen LogP contribution in [0.5, 0.6) is 0 Å². The highest BCUT2D eigenvalue weighted by molar-refractivity contribution is 6.06. The molecule has 5 nitrogen and oxygen atoms in total. The molecule has 1 amide bonds. The highest BCUT2D eigenvalue weighted by Crippen LogP contribution is 2.17. The first-order valence-corrected chi connectivity index (χ1v) is 5.76. The minimum absolute atomic E-state index is 0.253. The van der Waals surface area contributed by atoms with E-state index in [4.69, 9.17) is 4.42 Å². The Labute approximate surface area is 108 Å². The maximum absolute atomic E-state index is 12.0. The standard InChI is InChI=1S/C14H11N3O2/c18-14(17-16-7-10-5-6-19-9-10)12-8-15-13-4-2-1-3-11(12)13/h1-9,15H,(H,17,18)/b16-7-. The number of nitrogens with zero attached hydrogens (tertiary/aromatic N) is 1. The summed E-state index contributed by atoms with van der Waals surface area (Å²) in [5.74, 6) is -0.253. The monoisotopic (exact) mass is 253 g/mol. The molecule has 0 spiro atoms. The van der Waals surface area contributed by atoms with Gasteiger partial charge in [-0.05, 0) is 12.1 Å². The molecule has 0 saturated carbocycles. The Morgan fingerprint density at radius 3 is 3.05 bits per heavy atom. The molecule has 0 radical (unpaired) electrons. The first-order chi connectivity index (χ1) is 9.34. The SMILES string of the molecule is O=C(N/N=C\c1ccoc1)c1c[nH]c2ccccc12. The van der Waals surface area contributed by atoms with Crippen molar-refractivity contribution in [2.24, 2.45) is 5.10 Å². The Bertz CT molecular complexity index is 726. The summed E-state index contributed by atoms with van der Waals surface area (Å²) in [5, 5.41) is 4.75. The van der Waals surface area contributed by atoms with Gasteiger partial charge in [0.1, 0.15) is 0 Å². The first-order valence-electron chi connectivity index (χ1n) is 5.76. The lowest BCUT2D eigenvalue weighted by Gasteiger charge is -1.97. The molecule has 3 aromatic rings. The van der Waals surface area contributed by atoms with Crippen LogP contribution in [0.4, 0.5) is 0 Å². The average Bonchev–Trinajstić information content (AvgIpc) is 3.07. The summed E-state index contributed by atoms with van der Waals surface area (Å²) in [4.78, 5) is 15.0. The van der Waals surface area contributed by atoms with Gasteiger partial charge in [0, 0.05) is 22.7 Å². The Hall–Kier alpha value is -2.82. The fourth-order valence-electron chi connectivity index (χ4n) is 1.83. The van der Waals surface area contributed by atoms with E-state index in [0.29, 0.717) is 5.56 Å². The van der Waals surface area contributed by atoms with E-state index in [2.05, 4.69) is 15.5 Å². The zero-order valence-corrected chi connectivity index (χ0v) is 9.96. The number of hydrogen-bond donors (Lipinski definition) is 2. The summed E-state index contributed by atoms with van der Waals surface area (Å²) in [6.07, 6.45) is 6.29. The van der Waals surface area contributed by atoms with Crippen molar-refractivity contribution in [2.75, 3.05) is 0 Å². The van der Waals surface area contributed by atoms with Crippen molar-refractivity contribution in [3.8, 4) is 0 Å². The molecule has 0 bridgehead atoms. The minimum Gasteiger partial charge on any atom is -0.472 e. The second-order valence-electron chi connectivity index (χ2n) is 4.00. The highest BCUT2D eigenvalue weighted by Gasteiger charge is 2.10. The zero-order valence-electron chi connectivity index (χ0n) is 9.96. The Balaban J connectivity index is 1.77. The number of H-pyrrole nitrogens is 1. The largest absolute Gasteiger partial charge is 0.472 e. The molecule has 19 heavy (non-hydrogen) atoms. The summed E-state index contributed by atoms with van der Waals surface area (Å²) in [6, 6.07) is 9.36. The summed E-state index contributed by atoms with van der Waals surface area (Å²) in [6.45, 7) is 0. The molecular formula is C14H11N3O2. The molecule has 2 heterocycles. The number of para-hydroxylation sites is 1. The summed E-state index contributed by atoms with van der Waals surface area (Å²) >= 11 is 0. The minimum atomic E-state index is -0.253. The quantitative estimate of drug-likeness (QED) is 0.556. The molecule has 0 unspecified atom stereocenters. The number of aromatic nitrogens is 1. The smallest absolute Gasteiger partial charge is 0.273 e. The van der Waals surface area contributed by atoms with E-state index in [-0.39, 0.29) is 5.91 Å². The second kappa shape index (κ2) is 4.81. The topological polar surface area (TPSA) is 70.4 Å². The second-order valence-corrected chi connectivity index (χ2v) is 4.00. The van der Waals surface area contributed by atoms with Gasteiger partial charge in [0.25, 0.3) is 5.91 Å². The molecule has 5 heteroatoms.